The van der Waals surface area contributed by atoms with Gasteiger partial charge in [0.05, 0.1) is 11.9 Å². The number of benzene rings is 1. The molecular weight excluding hydrogens is 433 g/mol. The summed E-state index contributed by atoms with van der Waals surface area (Å²) in [6, 6.07) is 5.16. The Hall–Kier alpha value is -3.20. The number of amides is 1. The Bertz CT molecular complexity index is 1140. The van der Waals surface area contributed by atoms with E-state index >= 15 is 0 Å². The average molecular weight is 458 g/mol. The number of carbonyl (C=O) groups excluding carboxylic acids is 1. The Labute approximate surface area is 190 Å². The van der Waals surface area contributed by atoms with Crippen LogP contribution in [0.3, 0.4) is 0 Å². The zero-order valence-electron chi connectivity index (χ0n) is 18.2. The number of aryl methyl sites for hydroxylation is 2. The normalized spacial score (nSPS) is 14.5. The van der Waals surface area contributed by atoms with Crippen LogP contribution < -0.4 is 10.6 Å². The van der Waals surface area contributed by atoms with Crippen molar-refractivity contribution < 1.29 is 9.18 Å². The third kappa shape index (κ3) is 4.83. The van der Waals surface area contributed by atoms with Crippen LogP contribution in [0, 0.1) is 19.7 Å². The van der Waals surface area contributed by atoms with Gasteiger partial charge in [0.2, 0.25) is 11.9 Å². The Balaban J connectivity index is 1.51. The average Bonchev–Trinajstić information content (AvgIpc) is 3.17. The van der Waals surface area contributed by atoms with Crippen molar-refractivity contribution >= 4 is 40.8 Å². The lowest BCUT2D eigenvalue weighted by molar-refractivity contribution is -0.129. The fourth-order valence-electron chi connectivity index (χ4n) is 3.98. The highest BCUT2D eigenvalue weighted by Crippen LogP contribution is 2.34. The van der Waals surface area contributed by atoms with E-state index in [1.807, 2.05) is 24.8 Å². The van der Waals surface area contributed by atoms with E-state index in [0.29, 0.717) is 29.7 Å². The third-order valence-corrected chi connectivity index (χ3v) is 5.96. The van der Waals surface area contributed by atoms with E-state index in [4.69, 9.17) is 11.6 Å². The molecule has 0 aliphatic carbocycles. The van der Waals surface area contributed by atoms with Crippen LogP contribution in [0.5, 0.6) is 0 Å². The number of nitrogens with zero attached hydrogens (tertiary/aromatic N) is 4. The van der Waals surface area contributed by atoms with E-state index in [1.54, 1.807) is 19.1 Å². The molecule has 168 valence electrons. The molecule has 3 aromatic rings. The Morgan fingerprint density at radius 2 is 1.97 bits per heavy atom. The number of aromatic nitrogens is 4. The monoisotopic (exact) mass is 457 g/mol. The molecule has 3 N–H and O–H groups in total. The third-order valence-electron chi connectivity index (χ3n) is 5.68. The van der Waals surface area contributed by atoms with Gasteiger partial charge in [-0.05, 0) is 55.9 Å². The first-order valence-corrected chi connectivity index (χ1v) is 10.8. The van der Waals surface area contributed by atoms with Crippen LogP contribution in [0.25, 0.3) is 0 Å². The first-order chi connectivity index (χ1) is 15.3. The molecule has 3 heterocycles. The van der Waals surface area contributed by atoms with Gasteiger partial charge in [-0.2, -0.15) is 10.1 Å². The number of piperidine rings is 1. The smallest absolute Gasteiger partial charge is 0.229 e. The van der Waals surface area contributed by atoms with Crippen molar-refractivity contribution in [1.29, 1.82) is 0 Å². The molecular formula is C22H25ClFN7O. The van der Waals surface area contributed by atoms with Crippen molar-refractivity contribution in [2.75, 3.05) is 23.7 Å². The lowest BCUT2D eigenvalue weighted by atomic mass is 9.86. The van der Waals surface area contributed by atoms with Gasteiger partial charge in [-0.25, -0.2) is 9.37 Å². The fourth-order valence-corrected chi connectivity index (χ4v) is 4.12. The topological polar surface area (TPSA) is 98.8 Å². The quantitative estimate of drug-likeness (QED) is 0.508. The minimum absolute atomic E-state index is 0.0881. The van der Waals surface area contributed by atoms with E-state index in [2.05, 4.69) is 30.8 Å². The van der Waals surface area contributed by atoms with Gasteiger partial charge in [0.1, 0.15) is 10.8 Å². The number of H-pyrrole nitrogens is 1. The second-order valence-corrected chi connectivity index (χ2v) is 8.45. The summed E-state index contributed by atoms with van der Waals surface area (Å²) in [5, 5.41) is 13.2. The standard InChI is InChI=1S/C22H25ClFN7O/c1-12-8-19(18(24)10-16(12)15-4-6-31(7-5-15)14(3)32)26-22-25-11-17(23)21(28-22)27-20-9-13(2)29-30-20/h8-11,15H,4-7H2,1-3H3,(H3,25,26,27,28,29,30). The summed E-state index contributed by atoms with van der Waals surface area (Å²) in [5.74, 6) is 1.08. The molecule has 10 heteroatoms. The number of nitrogens with one attached hydrogen (secondary N) is 3. The SMILES string of the molecule is CC(=O)N1CCC(c2cc(F)c(Nc3ncc(Cl)c(Nc4cc(C)[nH]n4)n3)cc2C)CC1. The van der Waals surface area contributed by atoms with Crippen LogP contribution in [0.2, 0.25) is 5.02 Å². The van der Waals surface area contributed by atoms with Gasteiger partial charge in [0.15, 0.2) is 11.6 Å². The van der Waals surface area contributed by atoms with Crippen LogP contribution in [-0.2, 0) is 4.79 Å². The van der Waals surface area contributed by atoms with Crippen molar-refractivity contribution in [2.24, 2.45) is 0 Å². The summed E-state index contributed by atoms with van der Waals surface area (Å²) >= 11 is 6.20. The number of aromatic amines is 1. The summed E-state index contributed by atoms with van der Waals surface area (Å²) in [4.78, 5) is 21.9. The largest absolute Gasteiger partial charge is 0.343 e. The van der Waals surface area contributed by atoms with Crippen molar-refractivity contribution in [3.63, 3.8) is 0 Å². The number of hydrogen-bond donors (Lipinski definition) is 3. The van der Waals surface area contributed by atoms with E-state index in [0.717, 1.165) is 29.7 Å². The van der Waals surface area contributed by atoms with Crippen LogP contribution in [0.4, 0.5) is 27.7 Å². The molecule has 0 unspecified atom stereocenters. The Morgan fingerprint density at radius 1 is 1.22 bits per heavy atom. The summed E-state index contributed by atoms with van der Waals surface area (Å²) in [6.07, 6.45) is 3.10. The highest BCUT2D eigenvalue weighted by atomic mass is 35.5. The molecule has 2 aromatic heterocycles. The van der Waals surface area contributed by atoms with Crippen LogP contribution >= 0.6 is 11.6 Å². The first kappa shape index (κ1) is 22.0. The predicted octanol–water partition coefficient (Wildman–Crippen LogP) is 4.82. The van der Waals surface area contributed by atoms with Crippen molar-refractivity contribution in [3.8, 4) is 0 Å². The lowest BCUT2D eigenvalue weighted by Crippen LogP contribution is -2.36. The van der Waals surface area contributed by atoms with E-state index in [9.17, 15) is 9.18 Å². The molecule has 0 saturated carbocycles. The van der Waals surface area contributed by atoms with Gasteiger partial charge in [-0.1, -0.05) is 11.6 Å². The number of likely N-dealkylation sites (tertiary alicyclic amines) is 1. The highest BCUT2D eigenvalue weighted by molar-refractivity contribution is 6.32. The van der Waals surface area contributed by atoms with E-state index < -0.39 is 0 Å². The second kappa shape index (κ2) is 9.12. The van der Waals surface area contributed by atoms with Crippen molar-refractivity contribution in [2.45, 2.75) is 39.5 Å². The minimum atomic E-state index is -0.379. The molecule has 0 atom stereocenters. The molecule has 1 fully saturated rings. The molecule has 32 heavy (non-hydrogen) atoms. The van der Waals surface area contributed by atoms with Gasteiger partial charge >= 0.3 is 0 Å². The number of rotatable bonds is 5. The maximum Gasteiger partial charge on any atom is 0.229 e. The van der Waals surface area contributed by atoms with Gasteiger partial charge in [0.25, 0.3) is 0 Å². The summed E-state index contributed by atoms with van der Waals surface area (Å²) in [6.45, 7) is 6.83. The van der Waals surface area contributed by atoms with Crippen LogP contribution in [0.15, 0.2) is 24.4 Å². The maximum atomic E-state index is 15.0. The first-order valence-electron chi connectivity index (χ1n) is 10.4. The molecule has 1 aliphatic heterocycles. The number of anilines is 4. The molecule has 0 radical (unpaired) electrons. The van der Waals surface area contributed by atoms with Crippen LogP contribution in [-0.4, -0.2) is 44.1 Å². The van der Waals surface area contributed by atoms with Gasteiger partial charge in [-0.15, -0.1) is 0 Å². The van der Waals surface area contributed by atoms with E-state index in [1.165, 1.54) is 6.20 Å². The summed E-state index contributed by atoms with van der Waals surface area (Å²) < 4.78 is 15.0. The highest BCUT2D eigenvalue weighted by Gasteiger charge is 2.24. The summed E-state index contributed by atoms with van der Waals surface area (Å²) in [5.41, 5.74) is 3.14. The molecule has 4 rings (SSSR count). The molecule has 0 spiro atoms. The minimum Gasteiger partial charge on any atom is -0.343 e. The zero-order chi connectivity index (χ0) is 22.8. The lowest BCUT2D eigenvalue weighted by Gasteiger charge is -2.32. The molecule has 1 aliphatic rings. The van der Waals surface area contributed by atoms with Gasteiger partial charge < -0.3 is 15.5 Å². The molecule has 1 aromatic carbocycles. The van der Waals surface area contributed by atoms with Gasteiger partial charge in [-0.3, -0.25) is 9.89 Å². The predicted molar refractivity (Wildman–Crippen MR) is 122 cm³/mol. The number of carbonyl (C=O) groups is 1. The molecule has 0 bridgehead atoms. The van der Waals surface area contributed by atoms with Crippen molar-refractivity contribution in [1.82, 2.24) is 25.1 Å². The van der Waals surface area contributed by atoms with E-state index in [-0.39, 0.29) is 29.3 Å². The second-order valence-electron chi connectivity index (χ2n) is 8.05. The molecule has 8 nitrogen and oxygen atoms in total. The van der Waals surface area contributed by atoms with Crippen LogP contribution in [0.1, 0.15) is 42.5 Å². The Morgan fingerprint density at radius 3 is 2.62 bits per heavy atom. The van der Waals surface area contributed by atoms with Crippen molar-refractivity contribution in [3.05, 3.63) is 52.1 Å². The number of halogens is 2. The number of hydrogen-bond acceptors (Lipinski definition) is 6. The molecule has 1 amide bonds. The van der Waals surface area contributed by atoms with Gasteiger partial charge in [0, 0.05) is 31.8 Å². The molecule has 1 saturated heterocycles. The zero-order valence-corrected chi connectivity index (χ0v) is 18.9. The fraction of sp³-hybridized carbons (Fsp3) is 0.364. The maximum absolute atomic E-state index is 15.0. The summed E-state index contributed by atoms with van der Waals surface area (Å²) in [7, 11) is 0. The Kier molecular flexibility index (Phi) is 6.27.